The Morgan fingerprint density at radius 1 is 0.909 bits per heavy atom. The van der Waals surface area contributed by atoms with E-state index in [0.717, 1.165) is 5.56 Å². The van der Waals surface area contributed by atoms with Crippen molar-refractivity contribution in [1.29, 1.82) is 0 Å². The monoisotopic (exact) mass is 445 g/mol. The SMILES string of the molecule is CC(=O)Nc1ccc(C(=O)NC(=NCc2ccncc2)Nc2ccc3c(c2)OCCO3)cc1. The van der Waals surface area contributed by atoms with E-state index in [2.05, 4.69) is 25.9 Å². The maximum Gasteiger partial charge on any atom is 0.257 e. The summed E-state index contributed by atoms with van der Waals surface area (Å²) in [6.07, 6.45) is 3.38. The highest BCUT2D eigenvalue weighted by atomic mass is 16.6. The van der Waals surface area contributed by atoms with Crippen LogP contribution in [0.4, 0.5) is 11.4 Å². The van der Waals surface area contributed by atoms with Gasteiger partial charge >= 0.3 is 0 Å². The summed E-state index contributed by atoms with van der Waals surface area (Å²) in [6.45, 7) is 2.76. The van der Waals surface area contributed by atoms with Gasteiger partial charge in [-0.15, -0.1) is 0 Å². The molecule has 0 bridgehead atoms. The van der Waals surface area contributed by atoms with E-state index in [4.69, 9.17) is 9.47 Å². The van der Waals surface area contributed by atoms with Gasteiger partial charge in [0, 0.05) is 42.3 Å². The summed E-state index contributed by atoms with van der Waals surface area (Å²) in [4.78, 5) is 32.6. The zero-order chi connectivity index (χ0) is 23.0. The van der Waals surface area contributed by atoms with Crippen molar-refractivity contribution in [1.82, 2.24) is 10.3 Å². The van der Waals surface area contributed by atoms with Gasteiger partial charge in [0.1, 0.15) is 13.2 Å². The molecule has 3 aromatic rings. The second kappa shape index (κ2) is 10.3. The Kier molecular flexibility index (Phi) is 6.79. The summed E-state index contributed by atoms with van der Waals surface area (Å²) in [5, 5.41) is 8.64. The Hall–Kier alpha value is -4.40. The maximum absolute atomic E-state index is 12.8. The lowest BCUT2D eigenvalue weighted by atomic mass is 10.2. The molecule has 2 aromatic carbocycles. The fourth-order valence-corrected chi connectivity index (χ4v) is 3.11. The van der Waals surface area contributed by atoms with Crippen molar-refractivity contribution in [3.63, 3.8) is 0 Å². The Balaban J connectivity index is 1.52. The third-order valence-electron chi connectivity index (χ3n) is 4.67. The minimum atomic E-state index is -0.345. The molecule has 0 atom stereocenters. The average molecular weight is 445 g/mol. The number of fused-ring (bicyclic) bond motifs is 1. The van der Waals surface area contributed by atoms with Gasteiger partial charge in [0.2, 0.25) is 11.9 Å². The highest BCUT2D eigenvalue weighted by Crippen LogP contribution is 2.32. The van der Waals surface area contributed by atoms with Crippen LogP contribution in [0.3, 0.4) is 0 Å². The second-order valence-corrected chi connectivity index (χ2v) is 7.22. The van der Waals surface area contributed by atoms with E-state index in [1.807, 2.05) is 18.2 Å². The number of rotatable bonds is 5. The third kappa shape index (κ3) is 6.07. The van der Waals surface area contributed by atoms with Gasteiger partial charge in [0.05, 0.1) is 6.54 Å². The van der Waals surface area contributed by atoms with Crippen LogP contribution in [0, 0.1) is 0 Å². The predicted molar refractivity (Wildman–Crippen MR) is 125 cm³/mol. The van der Waals surface area contributed by atoms with Gasteiger partial charge in [-0.3, -0.25) is 19.9 Å². The first-order valence-electron chi connectivity index (χ1n) is 10.4. The lowest BCUT2D eigenvalue weighted by Crippen LogP contribution is -2.36. The number of aromatic nitrogens is 1. The zero-order valence-corrected chi connectivity index (χ0v) is 18.0. The van der Waals surface area contributed by atoms with Crippen molar-refractivity contribution >= 4 is 29.1 Å². The van der Waals surface area contributed by atoms with Crippen molar-refractivity contribution in [3.05, 3.63) is 78.1 Å². The normalized spacial score (nSPS) is 12.6. The van der Waals surface area contributed by atoms with E-state index in [1.54, 1.807) is 48.8 Å². The fourth-order valence-electron chi connectivity index (χ4n) is 3.11. The highest BCUT2D eigenvalue weighted by molar-refractivity contribution is 6.10. The van der Waals surface area contributed by atoms with E-state index in [9.17, 15) is 9.59 Å². The van der Waals surface area contributed by atoms with Crippen molar-refractivity contribution in [3.8, 4) is 11.5 Å². The van der Waals surface area contributed by atoms with Gasteiger partial charge in [0.25, 0.3) is 5.91 Å². The fraction of sp³-hybridized carbons (Fsp3) is 0.167. The van der Waals surface area contributed by atoms with Crippen molar-refractivity contribution in [2.24, 2.45) is 4.99 Å². The molecule has 33 heavy (non-hydrogen) atoms. The molecular formula is C24H23N5O4. The zero-order valence-electron chi connectivity index (χ0n) is 18.0. The molecule has 3 N–H and O–H groups in total. The first-order valence-corrected chi connectivity index (χ1v) is 10.4. The number of aliphatic imine (C=N–C) groups is 1. The van der Waals surface area contributed by atoms with Crippen molar-refractivity contribution < 1.29 is 19.1 Å². The van der Waals surface area contributed by atoms with Crippen LogP contribution in [0.15, 0.2) is 72.0 Å². The maximum atomic E-state index is 12.8. The largest absolute Gasteiger partial charge is 0.486 e. The number of carbonyl (C=O) groups is 2. The number of guanidine groups is 1. The van der Waals surface area contributed by atoms with Gasteiger partial charge in [-0.2, -0.15) is 0 Å². The van der Waals surface area contributed by atoms with Crippen molar-refractivity contribution in [2.75, 3.05) is 23.8 Å². The molecule has 2 heterocycles. The summed E-state index contributed by atoms with van der Waals surface area (Å²) in [5.41, 5.74) is 2.67. The molecule has 0 spiro atoms. The molecule has 0 fully saturated rings. The summed E-state index contributed by atoms with van der Waals surface area (Å²) < 4.78 is 11.2. The molecule has 168 valence electrons. The predicted octanol–water partition coefficient (Wildman–Crippen LogP) is 3.21. The van der Waals surface area contributed by atoms with Gasteiger partial charge in [0.15, 0.2) is 11.5 Å². The van der Waals surface area contributed by atoms with Crippen LogP contribution in [0.1, 0.15) is 22.8 Å². The standard InChI is InChI=1S/C24H23N5O4/c1-16(30)27-19-4-2-18(3-5-19)23(31)29-24(26-15-17-8-10-25-11-9-17)28-20-6-7-21-22(14-20)33-13-12-32-21/h2-11,14H,12-13,15H2,1H3,(H,27,30)(H2,26,28,29,31). The number of ether oxygens (including phenoxy) is 2. The number of pyridine rings is 1. The molecule has 9 nitrogen and oxygen atoms in total. The van der Waals surface area contributed by atoms with E-state index < -0.39 is 0 Å². The van der Waals surface area contributed by atoms with Crippen LogP contribution in [-0.4, -0.2) is 36.0 Å². The second-order valence-electron chi connectivity index (χ2n) is 7.22. The van der Waals surface area contributed by atoms with Crippen LogP contribution in [0.5, 0.6) is 11.5 Å². The molecule has 0 saturated carbocycles. The molecule has 4 rings (SSSR count). The number of hydrogen-bond acceptors (Lipinski definition) is 6. The van der Waals surface area contributed by atoms with Crippen LogP contribution >= 0.6 is 0 Å². The molecule has 0 unspecified atom stereocenters. The Labute approximate surface area is 190 Å². The highest BCUT2D eigenvalue weighted by Gasteiger charge is 2.14. The molecule has 0 aliphatic carbocycles. The van der Waals surface area contributed by atoms with Gasteiger partial charge in [-0.05, 0) is 54.1 Å². The third-order valence-corrected chi connectivity index (χ3v) is 4.67. The molecule has 1 aromatic heterocycles. The average Bonchev–Trinajstić information content (AvgIpc) is 2.83. The smallest absolute Gasteiger partial charge is 0.257 e. The van der Waals surface area contributed by atoms with E-state index in [0.29, 0.717) is 48.2 Å². The van der Waals surface area contributed by atoms with Crippen LogP contribution in [0.2, 0.25) is 0 Å². The first-order chi connectivity index (χ1) is 16.1. The topological polar surface area (TPSA) is 114 Å². The van der Waals surface area contributed by atoms with Gasteiger partial charge in [-0.25, -0.2) is 4.99 Å². The molecule has 0 radical (unpaired) electrons. The minimum Gasteiger partial charge on any atom is -0.486 e. The van der Waals surface area contributed by atoms with Crippen LogP contribution < -0.4 is 25.4 Å². The molecule has 2 amide bonds. The summed E-state index contributed by atoms with van der Waals surface area (Å²) in [5.74, 6) is 1.05. The van der Waals surface area contributed by atoms with Gasteiger partial charge < -0.3 is 20.1 Å². The number of amides is 2. The summed E-state index contributed by atoms with van der Waals surface area (Å²) in [7, 11) is 0. The summed E-state index contributed by atoms with van der Waals surface area (Å²) in [6, 6.07) is 15.7. The molecule has 9 heteroatoms. The van der Waals surface area contributed by atoms with Crippen LogP contribution in [-0.2, 0) is 11.3 Å². The minimum absolute atomic E-state index is 0.179. The number of nitrogens with one attached hydrogen (secondary N) is 3. The van der Waals surface area contributed by atoms with E-state index in [1.165, 1.54) is 6.92 Å². The Morgan fingerprint density at radius 3 is 2.33 bits per heavy atom. The number of anilines is 2. The molecule has 1 aliphatic rings. The van der Waals surface area contributed by atoms with E-state index >= 15 is 0 Å². The number of hydrogen-bond donors (Lipinski definition) is 3. The quantitative estimate of drug-likeness (QED) is 0.411. The number of carbonyl (C=O) groups excluding carboxylic acids is 2. The number of benzene rings is 2. The lowest BCUT2D eigenvalue weighted by molar-refractivity contribution is -0.114. The molecule has 0 saturated heterocycles. The molecular weight excluding hydrogens is 422 g/mol. The van der Waals surface area contributed by atoms with Gasteiger partial charge in [-0.1, -0.05) is 0 Å². The Bertz CT molecular complexity index is 1160. The van der Waals surface area contributed by atoms with E-state index in [-0.39, 0.29) is 17.8 Å². The lowest BCUT2D eigenvalue weighted by Gasteiger charge is -2.19. The first kappa shape index (κ1) is 21.8. The van der Waals surface area contributed by atoms with Crippen molar-refractivity contribution in [2.45, 2.75) is 13.5 Å². The molecule has 1 aliphatic heterocycles. The van der Waals surface area contributed by atoms with Crippen LogP contribution in [0.25, 0.3) is 0 Å². The summed E-state index contributed by atoms with van der Waals surface area (Å²) >= 11 is 0. The Morgan fingerprint density at radius 2 is 1.61 bits per heavy atom. The number of nitrogens with zero attached hydrogens (tertiary/aromatic N) is 2.